The molecule has 1 atom stereocenters. The predicted molar refractivity (Wildman–Crippen MR) is 73.1 cm³/mol. The summed E-state index contributed by atoms with van der Waals surface area (Å²) in [5.41, 5.74) is 2.36. The van der Waals surface area contributed by atoms with E-state index in [2.05, 4.69) is 37.3 Å². The Morgan fingerprint density at radius 3 is 2.12 bits per heavy atom. The van der Waals surface area contributed by atoms with Gasteiger partial charge < -0.3 is 10.2 Å². The molecule has 0 radical (unpaired) electrons. The first-order valence-corrected chi connectivity index (χ1v) is 6.13. The van der Waals surface area contributed by atoms with E-state index in [0.717, 1.165) is 12.0 Å². The van der Waals surface area contributed by atoms with Gasteiger partial charge in [0, 0.05) is 12.5 Å². The van der Waals surface area contributed by atoms with Gasteiger partial charge in [-0.15, -0.1) is 0 Å². The summed E-state index contributed by atoms with van der Waals surface area (Å²) in [4.78, 5) is 0. The molecule has 1 aromatic carbocycles. The molecular weight excluding hydrogens is 212 g/mol. The lowest BCUT2D eigenvalue weighted by molar-refractivity contribution is 0.318. The number of allylic oxidation sites excluding steroid dienone is 1. The maximum atomic E-state index is 8.96. The first-order valence-electron chi connectivity index (χ1n) is 6.13. The number of rotatable bonds is 4. The quantitative estimate of drug-likeness (QED) is 0.789. The van der Waals surface area contributed by atoms with Gasteiger partial charge in [0.25, 0.3) is 0 Å². The molecule has 1 aromatic rings. The summed E-state index contributed by atoms with van der Waals surface area (Å²) in [5, 5.41) is 16.5. The SMILES string of the molecule is CCC(/C=C(/C)CO)c1ccccc1.CCO. The molecule has 17 heavy (non-hydrogen) atoms. The molecule has 0 aliphatic heterocycles. The van der Waals surface area contributed by atoms with Gasteiger partial charge in [-0.3, -0.25) is 0 Å². The fraction of sp³-hybridized carbons (Fsp3) is 0.467. The van der Waals surface area contributed by atoms with Crippen LogP contribution in [0.4, 0.5) is 0 Å². The Kier molecular flexibility index (Phi) is 9.40. The molecule has 0 aromatic heterocycles. The number of aliphatic hydroxyl groups is 2. The molecule has 2 N–H and O–H groups in total. The minimum atomic E-state index is 0.156. The first-order chi connectivity index (χ1) is 8.19. The Bertz CT molecular complexity index is 304. The van der Waals surface area contributed by atoms with E-state index >= 15 is 0 Å². The molecule has 1 unspecified atom stereocenters. The van der Waals surface area contributed by atoms with Gasteiger partial charge in [-0.25, -0.2) is 0 Å². The average Bonchev–Trinajstić information content (AvgIpc) is 2.37. The Hall–Kier alpha value is -1.12. The highest BCUT2D eigenvalue weighted by molar-refractivity contribution is 5.25. The zero-order valence-electron chi connectivity index (χ0n) is 11.1. The van der Waals surface area contributed by atoms with Crippen LogP contribution in [0.5, 0.6) is 0 Å². The molecule has 0 saturated heterocycles. The molecule has 2 nitrogen and oxygen atoms in total. The van der Waals surface area contributed by atoms with E-state index in [1.165, 1.54) is 5.56 Å². The van der Waals surface area contributed by atoms with Crippen molar-refractivity contribution in [3.8, 4) is 0 Å². The minimum absolute atomic E-state index is 0.156. The molecule has 0 bridgehead atoms. The predicted octanol–water partition coefficient (Wildman–Crippen LogP) is 3.12. The lowest BCUT2D eigenvalue weighted by Gasteiger charge is -2.11. The molecule has 0 heterocycles. The molecule has 96 valence electrons. The van der Waals surface area contributed by atoms with E-state index in [1.54, 1.807) is 6.92 Å². The molecule has 0 amide bonds. The maximum Gasteiger partial charge on any atom is 0.0639 e. The summed E-state index contributed by atoms with van der Waals surface area (Å²) in [6.07, 6.45) is 3.22. The van der Waals surface area contributed by atoms with Crippen molar-refractivity contribution in [2.24, 2.45) is 0 Å². The second-order valence-electron chi connectivity index (χ2n) is 3.91. The monoisotopic (exact) mass is 236 g/mol. The molecule has 0 aliphatic rings. The summed E-state index contributed by atoms with van der Waals surface area (Å²) in [5.74, 6) is 0.434. The van der Waals surface area contributed by atoms with Crippen LogP contribution in [0.1, 0.15) is 38.7 Å². The Morgan fingerprint density at radius 1 is 1.18 bits per heavy atom. The van der Waals surface area contributed by atoms with Crippen LogP contribution < -0.4 is 0 Å². The van der Waals surface area contributed by atoms with Crippen LogP contribution in [0.25, 0.3) is 0 Å². The number of hydrogen-bond donors (Lipinski definition) is 2. The van der Waals surface area contributed by atoms with Gasteiger partial charge >= 0.3 is 0 Å². The summed E-state index contributed by atoms with van der Waals surface area (Å²) >= 11 is 0. The van der Waals surface area contributed by atoms with Crippen LogP contribution in [0, 0.1) is 0 Å². The van der Waals surface area contributed by atoms with Crippen molar-refractivity contribution < 1.29 is 10.2 Å². The van der Waals surface area contributed by atoms with E-state index in [0.29, 0.717) is 5.92 Å². The molecule has 0 saturated carbocycles. The second-order valence-corrected chi connectivity index (χ2v) is 3.91. The van der Waals surface area contributed by atoms with E-state index in [1.807, 2.05) is 13.0 Å². The summed E-state index contributed by atoms with van der Waals surface area (Å²) in [6.45, 7) is 6.22. The highest BCUT2D eigenvalue weighted by atomic mass is 16.3. The van der Waals surface area contributed by atoms with Crippen molar-refractivity contribution in [2.75, 3.05) is 13.2 Å². The van der Waals surface area contributed by atoms with Crippen molar-refractivity contribution in [3.05, 3.63) is 47.5 Å². The Morgan fingerprint density at radius 2 is 1.71 bits per heavy atom. The largest absolute Gasteiger partial charge is 0.397 e. The third kappa shape index (κ3) is 6.93. The van der Waals surface area contributed by atoms with E-state index in [4.69, 9.17) is 10.2 Å². The van der Waals surface area contributed by atoms with Crippen molar-refractivity contribution in [3.63, 3.8) is 0 Å². The summed E-state index contributed by atoms with van der Waals surface area (Å²) in [7, 11) is 0. The minimum Gasteiger partial charge on any atom is -0.397 e. The van der Waals surface area contributed by atoms with Gasteiger partial charge in [-0.2, -0.15) is 0 Å². The fourth-order valence-corrected chi connectivity index (χ4v) is 1.55. The van der Waals surface area contributed by atoms with Crippen molar-refractivity contribution in [2.45, 2.75) is 33.1 Å². The molecule has 0 fully saturated rings. The van der Waals surface area contributed by atoms with Gasteiger partial charge in [0.2, 0.25) is 0 Å². The van der Waals surface area contributed by atoms with Crippen LogP contribution in [0.15, 0.2) is 42.0 Å². The van der Waals surface area contributed by atoms with Crippen LogP contribution in [-0.2, 0) is 0 Å². The fourth-order valence-electron chi connectivity index (χ4n) is 1.55. The van der Waals surface area contributed by atoms with Gasteiger partial charge in [0.15, 0.2) is 0 Å². The lowest BCUT2D eigenvalue weighted by atomic mass is 9.94. The molecule has 0 spiro atoms. The van der Waals surface area contributed by atoms with E-state index < -0.39 is 0 Å². The first kappa shape index (κ1) is 15.9. The number of benzene rings is 1. The highest BCUT2D eigenvalue weighted by Crippen LogP contribution is 2.21. The summed E-state index contributed by atoms with van der Waals surface area (Å²) < 4.78 is 0. The average molecular weight is 236 g/mol. The van der Waals surface area contributed by atoms with E-state index in [-0.39, 0.29) is 13.2 Å². The smallest absolute Gasteiger partial charge is 0.0639 e. The van der Waals surface area contributed by atoms with Crippen molar-refractivity contribution >= 4 is 0 Å². The highest BCUT2D eigenvalue weighted by Gasteiger charge is 2.05. The van der Waals surface area contributed by atoms with E-state index in [9.17, 15) is 0 Å². The topological polar surface area (TPSA) is 40.5 Å². The Balaban J connectivity index is 0.000000770. The molecule has 0 aliphatic carbocycles. The van der Waals surface area contributed by atoms with Crippen LogP contribution >= 0.6 is 0 Å². The number of hydrogen-bond acceptors (Lipinski definition) is 2. The summed E-state index contributed by atoms with van der Waals surface area (Å²) in [6, 6.07) is 10.4. The van der Waals surface area contributed by atoms with Gasteiger partial charge in [-0.05, 0) is 25.8 Å². The molecular formula is C15H24O2. The van der Waals surface area contributed by atoms with Crippen LogP contribution in [0.3, 0.4) is 0 Å². The van der Waals surface area contributed by atoms with Crippen LogP contribution in [0.2, 0.25) is 0 Å². The lowest BCUT2D eigenvalue weighted by Crippen LogP contribution is -1.95. The van der Waals surface area contributed by atoms with Gasteiger partial charge in [0.05, 0.1) is 6.61 Å². The number of aliphatic hydroxyl groups excluding tert-OH is 2. The zero-order valence-corrected chi connectivity index (χ0v) is 11.1. The Labute approximate surface area is 105 Å². The molecule has 2 heteroatoms. The second kappa shape index (κ2) is 10.1. The third-order valence-electron chi connectivity index (χ3n) is 2.40. The van der Waals surface area contributed by atoms with Gasteiger partial charge in [-0.1, -0.05) is 48.9 Å². The van der Waals surface area contributed by atoms with Gasteiger partial charge in [0.1, 0.15) is 0 Å². The molecule has 1 rings (SSSR count). The maximum absolute atomic E-state index is 8.96. The standard InChI is InChI=1S/C13H18O.C2H6O/c1-3-12(9-11(2)10-14)13-7-5-4-6-8-13;1-2-3/h4-9,12,14H,3,10H2,1-2H3;3H,2H2,1H3/b11-9-;. The van der Waals surface area contributed by atoms with Crippen molar-refractivity contribution in [1.82, 2.24) is 0 Å². The zero-order chi connectivity index (χ0) is 13.1. The normalized spacial score (nSPS) is 12.6. The van der Waals surface area contributed by atoms with Crippen LogP contribution in [-0.4, -0.2) is 23.4 Å². The third-order valence-corrected chi connectivity index (χ3v) is 2.40. The van der Waals surface area contributed by atoms with Crippen molar-refractivity contribution in [1.29, 1.82) is 0 Å².